The molecule has 11 heteroatoms. The monoisotopic (exact) mass is 572 g/mol. The molecule has 4 rings (SSSR count). The number of alkyl halides is 3. The van der Waals surface area contributed by atoms with E-state index in [1.165, 1.54) is 36.7 Å². The highest BCUT2D eigenvalue weighted by Crippen LogP contribution is 2.35. The highest BCUT2D eigenvalue weighted by Gasteiger charge is 2.40. The highest BCUT2D eigenvalue weighted by atomic mass is 35.5. The Hall–Kier alpha value is -4.02. The normalized spacial score (nSPS) is 13.6. The molecule has 3 atom stereocenters. The number of carbonyl (C=O) groups excluding carboxylic acids is 1. The van der Waals surface area contributed by atoms with Crippen LogP contribution in [0.2, 0.25) is 5.02 Å². The first-order chi connectivity index (χ1) is 18.6. The predicted octanol–water partition coefficient (Wildman–Crippen LogP) is 7.05. The van der Waals surface area contributed by atoms with Crippen LogP contribution in [0.25, 0.3) is 0 Å². The molecule has 0 amide bonds. The Balaban J connectivity index is 1.73. The smallest absolute Gasteiger partial charge is 0.448 e. The van der Waals surface area contributed by atoms with Gasteiger partial charge in [0.2, 0.25) is 0 Å². The molecule has 4 aromatic rings. The van der Waals surface area contributed by atoms with Crippen molar-refractivity contribution in [1.29, 1.82) is 5.41 Å². The lowest BCUT2D eigenvalue weighted by molar-refractivity contribution is -0.0437. The molecule has 0 bridgehead atoms. The molecule has 0 aliphatic carbocycles. The molecule has 0 fully saturated rings. The van der Waals surface area contributed by atoms with Gasteiger partial charge in [-0.15, -0.1) is 0 Å². The SMILES string of the molecule is N=C(C(OC(=O)c1cccnc1)c1ccccc1)C(c1ccc(Cl)cc1)c1ccc(OS(=O)C(F)(F)F)cc1. The summed E-state index contributed by atoms with van der Waals surface area (Å²) >= 11 is 2.55. The zero-order valence-corrected chi connectivity index (χ0v) is 21.5. The van der Waals surface area contributed by atoms with Crippen LogP contribution in [0.5, 0.6) is 5.75 Å². The molecule has 200 valence electrons. The molecule has 0 saturated carbocycles. The molecule has 0 saturated heterocycles. The summed E-state index contributed by atoms with van der Waals surface area (Å²) in [6.45, 7) is 0. The van der Waals surface area contributed by atoms with Crippen molar-refractivity contribution in [2.45, 2.75) is 17.5 Å². The number of halogens is 4. The largest absolute Gasteiger partial charge is 0.508 e. The van der Waals surface area contributed by atoms with E-state index < -0.39 is 34.6 Å². The van der Waals surface area contributed by atoms with Gasteiger partial charge in [0.1, 0.15) is 5.75 Å². The number of pyridine rings is 1. The van der Waals surface area contributed by atoms with Gasteiger partial charge in [-0.1, -0.05) is 66.2 Å². The molecule has 0 radical (unpaired) electrons. The lowest BCUT2D eigenvalue weighted by atomic mass is 9.83. The zero-order valence-electron chi connectivity index (χ0n) is 20.0. The van der Waals surface area contributed by atoms with Crippen molar-refractivity contribution in [1.82, 2.24) is 4.98 Å². The molecule has 6 nitrogen and oxygen atoms in total. The van der Waals surface area contributed by atoms with E-state index in [-0.39, 0.29) is 17.0 Å². The minimum absolute atomic E-state index is 0.0201. The van der Waals surface area contributed by atoms with Gasteiger partial charge < -0.3 is 14.3 Å². The van der Waals surface area contributed by atoms with Gasteiger partial charge in [0.25, 0.3) is 0 Å². The summed E-state index contributed by atoms with van der Waals surface area (Å²) in [6.07, 6.45) is 1.75. The standard InChI is InChI=1S/C28H20ClF3N2O4S/c29-22-12-8-18(9-13-22)24(19-10-14-23(15-11-19)38-39(36)28(30,31)32)25(33)26(20-5-2-1-3-6-20)37-27(35)21-7-4-16-34-17-21/h1-17,24,26,33H. The Morgan fingerprint density at radius 1 is 0.872 bits per heavy atom. The second kappa shape index (κ2) is 12.2. The van der Waals surface area contributed by atoms with Crippen molar-refractivity contribution >= 4 is 34.4 Å². The van der Waals surface area contributed by atoms with Crippen molar-refractivity contribution < 1.29 is 31.1 Å². The number of rotatable bonds is 9. The summed E-state index contributed by atoms with van der Waals surface area (Å²) in [5.74, 6) is -1.75. The van der Waals surface area contributed by atoms with E-state index in [9.17, 15) is 27.6 Å². The lowest BCUT2D eigenvalue weighted by Crippen LogP contribution is -2.26. The summed E-state index contributed by atoms with van der Waals surface area (Å²) in [5, 5.41) is 9.68. The van der Waals surface area contributed by atoms with Crippen LogP contribution in [0.1, 0.15) is 39.1 Å². The number of esters is 1. The van der Waals surface area contributed by atoms with Gasteiger partial charge in [0.05, 0.1) is 17.2 Å². The molecule has 1 N–H and O–H groups in total. The van der Waals surface area contributed by atoms with Gasteiger partial charge in [-0.05, 0) is 53.1 Å². The van der Waals surface area contributed by atoms with E-state index in [2.05, 4.69) is 9.17 Å². The average Bonchev–Trinajstić information content (AvgIpc) is 2.94. The Labute approximate surface area is 229 Å². The number of nitrogens with zero attached hydrogens (tertiary/aromatic N) is 1. The van der Waals surface area contributed by atoms with Crippen molar-refractivity contribution in [3.63, 3.8) is 0 Å². The van der Waals surface area contributed by atoms with Crippen LogP contribution in [-0.4, -0.2) is 26.4 Å². The number of hydrogen-bond donors (Lipinski definition) is 1. The molecule has 0 aliphatic heterocycles. The summed E-state index contributed by atoms with van der Waals surface area (Å²) in [5.41, 5.74) is -3.20. The molecule has 3 aromatic carbocycles. The second-order valence-electron chi connectivity index (χ2n) is 8.21. The maximum absolute atomic E-state index is 13.0. The number of ether oxygens (including phenoxy) is 1. The molecular formula is C28H20ClF3N2O4S. The Morgan fingerprint density at radius 2 is 1.49 bits per heavy atom. The number of benzene rings is 3. The molecule has 1 heterocycles. The van der Waals surface area contributed by atoms with Gasteiger partial charge in [-0.2, -0.15) is 13.2 Å². The first kappa shape index (κ1) is 28.0. The lowest BCUT2D eigenvalue weighted by Gasteiger charge is -2.26. The molecular weight excluding hydrogens is 553 g/mol. The third kappa shape index (κ3) is 7.10. The van der Waals surface area contributed by atoms with Crippen molar-refractivity contribution in [2.24, 2.45) is 0 Å². The third-order valence-corrected chi connectivity index (χ3v) is 6.57. The van der Waals surface area contributed by atoms with E-state index in [0.29, 0.717) is 21.7 Å². The van der Waals surface area contributed by atoms with Gasteiger partial charge in [0.15, 0.2) is 6.10 Å². The average molecular weight is 573 g/mol. The molecule has 3 unspecified atom stereocenters. The van der Waals surface area contributed by atoms with E-state index in [1.54, 1.807) is 66.7 Å². The van der Waals surface area contributed by atoms with E-state index in [0.717, 1.165) is 0 Å². The number of carbonyl (C=O) groups is 1. The summed E-state index contributed by atoms with van der Waals surface area (Å²) < 4.78 is 59.7. The molecule has 39 heavy (non-hydrogen) atoms. The number of hydrogen-bond acceptors (Lipinski definition) is 6. The van der Waals surface area contributed by atoms with Crippen molar-refractivity contribution in [3.8, 4) is 5.75 Å². The van der Waals surface area contributed by atoms with Crippen LogP contribution in [0.3, 0.4) is 0 Å². The van der Waals surface area contributed by atoms with Crippen molar-refractivity contribution in [2.75, 3.05) is 0 Å². The van der Waals surface area contributed by atoms with Crippen LogP contribution < -0.4 is 4.18 Å². The molecule has 1 aromatic heterocycles. The van der Waals surface area contributed by atoms with Crippen LogP contribution in [0.15, 0.2) is 103 Å². The van der Waals surface area contributed by atoms with E-state index >= 15 is 0 Å². The Bertz CT molecular complexity index is 1450. The first-order valence-electron chi connectivity index (χ1n) is 11.4. The first-order valence-corrected chi connectivity index (χ1v) is 12.9. The maximum atomic E-state index is 13.0. The van der Waals surface area contributed by atoms with Crippen LogP contribution in [0.4, 0.5) is 13.2 Å². The Kier molecular flexibility index (Phi) is 8.78. The van der Waals surface area contributed by atoms with Gasteiger partial charge in [-0.3, -0.25) is 4.98 Å². The topological polar surface area (TPSA) is 89.3 Å². The zero-order chi connectivity index (χ0) is 28.0. The fraction of sp³-hybridized carbons (Fsp3) is 0.107. The number of aromatic nitrogens is 1. The summed E-state index contributed by atoms with van der Waals surface area (Å²) in [7, 11) is 0. The fourth-order valence-corrected chi connectivity index (χ4v) is 4.31. The summed E-state index contributed by atoms with van der Waals surface area (Å²) in [4.78, 5) is 16.9. The fourth-order valence-electron chi connectivity index (χ4n) is 3.81. The second-order valence-corrected chi connectivity index (χ2v) is 9.75. The highest BCUT2D eigenvalue weighted by molar-refractivity contribution is 7.81. The minimum Gasteiger partial charge on any atom is -0.448 e. The Morgan fingerprint density at radius 3 is 2.05 bits per heavy atom. The third-order valence-electron chi connectivity index (χ3n) is 5.60. The van der Waals surface area contributed by atoms with Gasteiger partial charge >= 0.3 is 22.6 Å². The van der Waals surface area contributed by atoms with E-state index in [4.69, 9.17) is 16.3 Å². The maximum Gasteiger partial charge on any atom is 0.508 e. The van der Waals surface area contributed by atoms with Crippen LogP contribution >= 0.6 is 11.6 Å². The van der Waals surface area contributed by atoms with Crippen LogP contribution in [0, 0.1) is 5.41 Å². The van der Waals surface area contributed by atoms with Gasteiger partial charge in [-0.25, -0.2) is 9.00 Å². The minimum atomic E-state index is -5.03. The number of nitrogens with one attached hydrogen (secondary N) is 1. The molecule has 0 aliphatic rings. The summed E-state index contributed by atoms with van der Waals surface area (Å²) in [6, 6.07) is 23.9. The van der Waals surface area contributed by atoms with Gasteiger partial charge in [0, 0.05) is 17.4 Å². The van der Waals surface area contributed by atoms with Crippen molar-refractivity contribution in [3.05, 3.63) is 131 Å². The quantitative estimate of drug-likeness (QED) is 0.171. The van der Waals surface area contributed by atoms with Crippen LogP contribution in [-0.2, 0) is 15.8 Å². The molecule has 0 spiro atoms. The van der Waals surface area contributed by atoms with E-state index in [1.807, 2.05) is 0 Å². The predicted molar refractivity (Wildman–Crippen MR) is 141 cm³/mol.